The molecule has 1 aromatic carbocycles. The summed E-state index contributed by atoms with van der Waals surface area (Å²) in [7, 11) is -2.36. The Kier molecular flexibility index (Phi) is 4.98. The van der Waals surface area contributed by atoms with Crippen molar-refractivity contribution in [3.05, 3.63) is 29.6 Å². The van der Waals surface area contributed by atoms with E-state index >= 15 is 0 Å². The van der Waals surface area contributed by atoms with E-state index in [1.54, 1.807) is 0 Å². The van der Waals surface area contributed by atoms with Crippen molar-refractivity contribution in [3.8, 4) is 0 Å². The van der Waals surface area contributed by atoms with Gasteiger partial charge in [0.15, 0.2) is 0 Å². The summed E-state index contributed by atoms with van der Waals surface area (Å²) in [5.41, 5.74) is 0.352. The highest BCUT2D eigenvalue weighted by molar-refractivity contribution is 7.89. The maximum atomic E-state index is 13.9. The van der Waals surface area contributed by atoms with Crippen LogP contribution in [0, 0.1) is 11.2 Å². The Morgan fingerprint density at radius 2 is 1.89 bits per heavy atom. The summed E-state index contributed by atoms with van der Waals surface area (Å²) in [4.78, 5) is -0.312. The zero-order valence-corrected chi connectivity index (χ0v) is 13.1. The Labute approximate surface area is 119 Å². The Morgan fingerprint density at radius 1 is 1.32 bits per heavy atom. The summed E-state index contributed by atoms with van der Waals surface area (Å²) in [5, 5.41) is 0. The van der Waals surface area contributed by atoms with Crippen LogP contribution in [0.15, 0.2) is 23.1 Å². The molecule has 0 bridgehead atoms. The lowest BCUT2D eigenvalue weighted by molar-refractivity contribution is 0.310. The third-order valence-corrected chi connectivity index (χ3v) is 4.68. The van der Waals surface area contributed by atoms with Gasteiger partial charge in [-0.05, 0) is 23.1 Å². The molecule has 0 aliphatic rings. The molecule has 0 saturated carbocycles. The topological polar surface area (TPSA) is 37.4 Å². The first-order valence-corrected chi connectivity index (χ1v) is 7.86. The van der Waals surface area contributed by atoms with E-state index in [9.17, 15) is 12.8 Å². The van der Waals surface area contributed by atoms with Gasteiger partial charge in [0.2, 0.25) is 10.0 Å². The molecule has 1 aromatic rings. The molecule has 0 aliphatic carbocycles. The largest absolute Gasteiger partial charge is 0.245 e. The molecule has 6 heteroatoms. The monoisotopic (exact) mass is 307 g/mol. The van der Waals surface area contributed by atoms with Crippen molar-refractivity contribution in [2.45, 2.75) is 31.5 Å². The number of rotatable bonds is 4. The third-order valence-electron chi connectivity index (χ3n) is 2.54. The number of hydrogen-bond acceptors (Lipinski definition) is 2. The highest BCUT2D eigenvalue weighted by atomic mass is 35.5. The summed E-state index contributed by atoms with van der Waals surface area (Å²) in [6, 6.07) is 3.94. The maximum Gasteiger partial charge on any atom is 0.245 e. The van der Waals surface area contributed by atoms with Crippen LogP contribution in [0.5, 0.6) is 0 Å². The first-order chi connectivity index (χ1) is 8.58. The van der Waals surface area contributed by atoms with E-state index in [0.29, 0.717) is 12.1 Å². The molecule has 19 heavy (non-hydrogen) atoms. The molecule has 0 unspecified atom stereocenters. The second-order valence-electron chi connectivity index (χ2n) is 5.72. The number of alkyl halides is 1. The van der Waals surface area contributed by atoms with E-state index in [0.717, 1.165) is 6.07 Å². The Hall–Kier alpha value is -0.650. The highest BCUT2D eigenvalue weighted by Crippen LogP contribution is 2.23. The average Bonchev–Trinajstić information content (AvgIpc) is 2.26. The normalized spacial score (nSPS) is 13.0. The van der Waals surface area contributed by atoms with Crippen LogP contribution in [-0.4, -0.2) is 26.3 Å². The van der Waals surface area contributed by atoms with Gasteiger partial charge in [-0.1, -0.05) is 26.8 Å². The van der Waals surface area contributed by atoms with Gasteiger partial charge in [0.25, 0.3) is 0 Å². The summed E-state index contributed by atoms with van der Waals surface area (Å²) < 4.78 is 39.6. The fourth-order valence-electron chi connectivity index (χ4n) is 1.76. The Morgan fingerprint density at radius 3 is 2.32 bits per heavy atom. The van der Waals surface area contributed by atoms with Gasteiger partial charge in [-0.3, -0.25) is 0 Å². The SMILES string of the molecule is CN(CC(C)(C)C)S(=O)(=O)c1ccc(CCl)cc1F. The van der Waals surface area contributed by atoms with Crippen LogP contribution in [0.3, 0.4) is 0 Å². The van der Waals surface area contributed by atoms with Gasteiger partial charge in [-0.15, -0.1) is 11.6 Å². The average molecular weight is 308 g/mol. The maximum absolute atomic E-state index is 13.9. The van der Waals surface area contributed by atoms with Crippen LogP contribution in [0.4, 0.5) is 4.39 Å². The molecular formula is C13H19ClFNO2S. The fraction of sp³-hybridized carbons (Fsp3) is 0.538. The van der Waals surface area contributed by atoms with Gasteiger partial charge in [-0.25, -0.2) is 17.1 Å². The standard InChI is InChI=1S/C13H19ClFNO2S/c1-13(2,3)9-16(4)19(17,18)12-6-5-10(8-14)7-11(12)15/h5-7H,8-9H2,1-4H3. The molecule has 0 aromatic heterocycles. The molecule has 3 nitrogen and oxygen atoms in total. The van der Waals surface area contributed by atoms with E-state index in [4.69, 9.17) is 11.6 Å². The zero-order chi connectivity index (χ0) is 14.8. The van der Waals surface area contributed by atoms with Crippen molar-refractivity contribution in [3.63, 3.8) is 0 Å². The van der Waals surface area contributed by atoms with Crippen molar-refractivity contribution >= 4 is 21.6 Å². The highest BCUT2D eigenvalue weighted by Gasteiger charge is 2.27. The van der Waals surface area contributed by atoms with Gasteiger partial charge in [-0.2, -0.15) is 0 Å². The summed E-state index contributed by atoms with van der Waals surface area (Å²) in [6.45, 7) is 6.08. The van der Waals surface area contributed by atoms with Crippen molar-refractivity contribution in [2.75, 3.05) is 13.6 Å². The number of hydrogen-bond donors (Lipinski definition) is 0. The van der Waals surface area contributed by atoms with Crippen molar-refractivity contribution in [1.29, 1.82) is 0 Å². The molecule has 108 valence electrons. The van der Waals surface area contributed by atoms with Gasteiger partial charge >= 0.3 is 0 Å². The van der Waals surface area contributed by atoms with Crippen molar-refractivity contribution in [1.82, 2.24) is 4.31 Å². The van der Waals surface area contributed by atoms with E-state index in [-0.39, 0.29) is 16.2 Å². The Bertz CT molecular complexity index is 552. The number of nitrogens with zero attached hydrogens (tertiary/aromatic N) is 1. The van der Waals surface area contributed by atoms with Crippen LogP contribution in [0.25, 0.3) is 0 Å². The zero-order valence-electron chi connectivity index (χ0n) is 11.6. The molecule has 1 rings (SSSR count). The van der Waals surface area contributed by atoms with E-state index in [1.165, 1.54) is 23.5 Å². The fourth-order valence-corrected chi connectivity index (χ4v) is 3.36. The Balaban J connectivity index is 3.13. The van der Waals surface area contributed by atoms with Crippen LogP contribution in [0.2, 0.25) is 0 Å². The molecule has 0 atom stereocenters. The third kappa shape index (κ3) is 4.16. The van der Waals surface area contributed by atoms with E-state index in [1.807, 2.05) is 20.8 Å². The summed E-state index contributed by atoms with van der Waals surface area (Å²) in [5.74, 6) is -0.617. The predicted octanol–water partition coefficient (Wildman–Crippen LogP) is 3.23. The van der Waals surface area contributed by atoms with Gasteiger partial charge in [0.05, 0.1) is 0 Å². The molecule has 0 fully saturated rings. The second-order valence-corrected chi connectivity index (χ2v) is 8.00. The lowest BCUT2D eigenvalue weighted by atomic mass is 9.97. The van der Waals surface area contributed by atoms with Gasteiger partial charge in [0, 0.05) is 19.5 Å². The molecule has 0 heterocycles. The molecule has 0 N–H and O–H groups in total. The molecular weight excluding hydrogens is 289 g/mol. The van der Waals surface area contributed by atoms with Crippen LogP contribution in [-0.2, 0) is 15.9 Å². The smallest absolute Gasteiger partial charge is 0.207 e. The lowest BCUT2D eigenvalue weighted by Crippen LogP contribution is -2.35. The number of sulfonamides is 1. The van der Waals surface area contributed by atoms with Crippen LogP contribution < -0.4 is 0 Å². The van der Waals surface area contributed by atoms with Gasteiger partial charge < -0.3 is 0 Å². The van der Waals surface area contributed by atoms with E-state index in [2.05, 4.69) is 0 Å². The van der Waals surface area contributed by atoms with Crippen LogP contribution in [0.1, 0.15) is 26.3 Å². The van der Waals surface area contributed by atoms with E-state index < -0.39 is 15.8 Å². The first-order valence-electron chi connectivity index (χ1n) is 5.88. The molecule has 0 aliphatic heterocycles. The molecule has 0 saturated heterocycles. The number of benzene rings is 1. The minimum absolute atomic E-state index is 0.148. The molecule has 0 spiro atoms. The minimum atomic E-state index is -3.81. The van der Waals surface area contributed by atoms with Crippen LogP contribution >= 0.6 is 11.6 Å². The quantitative estimate of drug-likeness (QED) is 0.801. The predicted molar refractivity (Wildman–Crippen MR) is 75.2 cm³/mol. The summed E-state index contributed by atoms with van der Waals surface area (Å²) >= 11 is 5.59. The molecule has 0 radical (unpaired) electrons. The summed E-state index contributed by atoms with van der Waals surface area (Å²) in [6.07, 6.45) is 0. The van der Waals surface area contributed by atoms with Gasteiger partial charge in [0.1, 0.15) is 10.7 Å². The van der Waals surface area contributed by atoms with Crippen molar-refractivity contribution in [2.24, 2.45) is 5.41 Å². The second kappa shape index (κ2) is 5.77. The number of halogens is 2. The first kappa shape index (κ1) is 16.4. The lowest BCUT2D eigenvalue weighted by Gasteiger charge is -2.26. The minimum Gasteiger partial charge on any atom is -0.207 e. The van der Waals surface area contributed by atoms with Crippen molar-refractivity contribution < 1.29 is 12.8 Å². The molecule has 0 amide bonds.